The Kier molecular flexibility index (Phi) is 5.71. The van der Waals surface area contributed by atoms with Crippen molar-refractivity contribution in [3.8, 4) is 0 Å². The first-order chi connectivity index (χ1) is 9.69. The molecule has 21 heavy (non-hydrogen) atoms. The normalized spacial score (nSPS) is 20.1. The second kappa shape index (κ2) is 6.89. The molecule has 0 bridgehead atoms. The van der Waals surface area contributed by atoms with Crippen LogP contribution in [-0.2, 0) is 19.1 Å². The van der Waals surface area contributed by atoms with Crippen LogP contribution in [-0.4, -0.2) is 60.5 Å². The number of methoxy groups -OCH3 is 1. The maximum atomic E-state index is 12.1. The molecule has 0 spiro atoms. The lowest BCUT2D eigenvalue weighted by Crippen LogP contribution is -2.59. The van der Waals surface area contributed by atoms with E-state index >= 15 is 0 Å². The second-order valence-electron chi connectivity index (χ2n) is 6.01. The largest absolute Gasteiger partial charge is 0.467 e. The molecule has 1 aliphatic rings. The average Bonchev–Trinajstić information content (AvgIpc) is 2.39. The molecule has 1 saturated heterocycles. The Hall–Kier alpha value is -1.63. The van der Waals surface area contributed by atoms with Gasteiger partial charge in [-0.05, 0) is 27.7 Å². The molecule has 120 valence electrons. The molecule has 1 atom stereocenters. The minimum absolute atomic E-state index is 0.0183. The fraction of sp³-hybridized carbons (Fsp3) is 0.786. The molecule has 0 unspecified atom stereocenters. The lowest BCUT2D eigenvalue weighted by Gasteiger charge is -2.37. The number of hydrogen-bond acceptors (Lipinski definition) is 5. The third kappa shape index (κ3) is 4.42. The summed E-state index contributed by atoms with van der Waals surface area (Å²) in [6, 6.07) is -0.338. The van der Waals surface area contributed by atoms with E-state index in [2.05, 4.69) is 15.4 Å². The van der Waals surface area contributed by atoms with Gasteiger partial charge in [0.05, 0.1) is 19.6 Å². The van der Waals surface area contributed by atoms with Crippen LogP contribution in [0.5, 0.6) is 0 Å². The number of carbonyl (C=O) groups is 3. The van der Waals surface area contributed by atoms with E-state index in [1.165, 1.54) is 7.11 Å². The van der Waals surface area contributed by atoms with Crippen LogP contribution < -0.4 is 10.6 Å². The van der Waals surface area contributed by atoms with Crippen LogP contribution in [0.2, 0.25) is 0 Å². The van der Waals surface area contributed by atoms with Gasteiger partial charge in [0.2, 0.25) is 11.8 Å². The predicted octanol–water partition coefficient (Wildman–Crippen LogP) is -0.347. The average molecular weight is 299 g/mol. The fourth-order valence-electron chi connectivity index (χ4n) is 2.44. The van der Waals surface area contributed by atoms with Crippen molar-refractivity contribution in [2.24, 2.45) is 0 Å². The molecule has 1 aliphatic heterocycles. The highest BCUT2D eigenvalue weighted by Crippen LogP contribution is 2.14. The fourth-order valence-corrected chi connectivity index (χ4v) is 2.44. The molecule has 7 nitrogen and oxygen atoms in total. The number of carbonyl (C=O) groups excluding carboxylic acids is 3. The summed E-state index contributed by atoms with van der Waals surface area (Å²) in [5.74, 6) is -1.02. The zero-order chi connectivity index (χ0) is 16.2. The first kappa shape index (κ1) is 17.4. The molecule has 7 heteroatoms. The molecule has 0 radical (unpaired) electrons. The van der Waals surface area contributed by atoms with E-state index in [-0.39, 0.29) is 24.3 Å². The molecule has 2 amide bonds. The summed E-state index contributed by atoms with van der Waals surface area (Å²) >= 11 is 0. The Morgan fingerprint density at radius 1 is 1.48 bits per heavy atom. The van der Waals surface area contributed by atoms with Gasteiger partial charge in [0.1, 0.15) is 5.54 Å². The first-order valence-electron chi connectivity index (χ1n) is 7.12. The third-order valence-corrected chi connectivity index (χ3v) is 3.56. The number of amides is 2. The van der Waals surface area contributed by atoms with E-state index in [1.807, 2.05) is 18.7 Å². The Labute approximate surface area is 125 Å². The second-order valence-corrected chi connectivity index (χ2v) is 6.01. The lowest BCUT2D eigenvalue weighted by atomic mass is 10.0. The third-order valence-electron chi connectivity index (χ3n) is 3.56. The van der Waals surface area contributed by atoms with Crippen LogP contribution in [0.3, 0.4) is 0 Å². The van der Waals surface area contributed by atoms with Crippen molar-refractivity contribution < 1.29 is 19.1 Å². The van der Waals surface area contributed by atoms with Crippen LogP contribution in [0, 0.1) is 0 Å². The molecule has 0 aromatic heterocycles. The Balaban J connectivity index is 2.71. The molecule has 0 aromatic carbocycles. The van der Waals surface area contributed by atoms with Gasteiger partial charge in [-0.25, -0.2) is 4.79 Å². The maximum absolute atomic E-state index is 12.1. The summed E-state index contributed by atoms with van der Waals surface area (Å²) in [5.41, 5.74) is -1.11. The van der Waals surface area contributed by atoms with Crippen molar-refractivity contribution in [3.63, 3.8) is 0 Å². The highest BCUT2D eigenvalue weighted by atomic mass is 16.5. The Morgan fingerprint density at radius 2 is 2.10 bits per heavy atom. The predicted molar refractivity (Wildman–Crippen MR) is 77.5 cm³/mol. The minimum atomic E-state index is -1.11. The molecule has 0 aromatic rings. The summed E-state index contributed by atoms with van der Waals surface area (Å²) in [5, 5.41) is 5.38. The highest BCUT2D eigenvalue weighted by molar-refractivity contribution is 5.91. The van der Waals surface area contributed by atoms with Gasteiger partial charge in [-0.15, -0.1) is 0 Å². The van der Waals surface area contributed by atoms with Crippen molar-refractivity contribution >= 4 is 17.8 Å². The maximum Gasteiger partial charge on any atom is 0.330 e. The molecule has 1 heterocycles. The molecular formula is C14H25N3O4. The van der Waals surface area contributed by atoms with Gasteiger partial charge in [-0.2, -0.15) is 0 Å². The summed E-state index contributed by atoms with van der Waals surface area (Å²) < 4.78 is 4.64. The Bertz CT molecular complexity index is 420. The number of esters is 1. The summed E-state index contributed by atoms with van der Waals surface area (Å²) in [6.45, 7) is 8.41. The summed E-state index contributed by atoms with van der Waals surface area (Å²) in [4.78, 5) is 37.7. The van der Waals surface area contributed by atoms with Crippen molar-refractivity contribution in [3.05, 3.63) is 0 Å². The van der Waals surface area contributed by atoms with Crippen LogP contribution in [0.15, 0.2) is 0 Å². The Morgan fingerprint density at radius 3 is 2.62 bits per heavy atom. The number of rotatable bonds is 5. The van der Waals surface area contributed by atoms with Gasteiger partial charge in [-0.1, -0.05) is 0 Å². The summed E-state index contributed by atoms with van der Waals surface area (Å²) in [7, 11) is 1.27. The topological polar surface area (TPSA) is 87.7 Å². The zero-order valence-electron chi connectivity index (χ0n) is 13.4. The number of piperazine rings is 1. The van der Waals surface area contributed by atoms with Gasteiger partial charge < -0.3 is 15.4 Å². The zero-order valence-corrected chi connectivity index (χ0v) is 13.4. The smallest absolute Gasteiger partial charge is 0.330 e. The van der Waals surface area contributed by atoms with Gasteiger partial charge in [0.15, 0.2) is 0 Å². The van der Waals surface area contributed by atoms with Crippen LogP contribution in [0.1, 0.15) is 34.1 Å². The van der Waals surface area contributed by atoms with Gasteiger partial charge in [0, 0.05) is 19.1 Å². The first-order valence-corrected chi connectivity index (χ1v) is 7.12. The molecule has 0 aliphatic carbocycles. The van der Waals surface area contributed by atoms with Gasteiger partial charge in [0.25, 0.3) is 0 Å². The monoisotopic (exact) mass is 299 g/mol. The van der Waals surface area contributed by atoms with E-state index < -0.39 is 17.6 Å². The van der Waals surface area contributed by atoms with E-state index in [0.717, 1.165) is 0 Å². The molecule has 2 N–H and O–H groups in total. The van der Waals surface area contributed by atoms with Gasteiger partial charge in [-0.3, -0.25) is 14.5 Å². The van der Waals surface area contributed by atoms with Crippen molar-refractivity contribution in [2.45, 2.75) is 51.7 Å². The quantitative estimate of drug-likeness (QED) is 0.678. The van der Waals surface area contributed by atoms with E-state index in [4.69, 9.17) is 0 Å². The molecule has 1 rings (SSSR count). The number of nitrogens with zero attached hydrogens (tertiary/aromatic N) is 1. The standard InChI is InChI=1S/C14H25N3O4/c1-9(2)17-7-6-15-12(19)10(17)8-11(18)16-14(3,4)13(20)21-5/h9-10H,6-8H2,1-5H3,(H,15,19)(H,16,18)/t10-/m1/s1. The highest BCUT2D eigenvalue weighted by Gasteiger charge is 2.36. The van der Waals surface area contributed by atoms with E-state index in [1.54, 1.807) is 13.8 Å². The molecule has 1 fully saturated rings. The van der Waals surface area contributed by atoms with Gasteiger partial charge >= 0.3 is 5.97 Å². The molecule has 0 saturated carbocycles. The number of hydrogen-bond donors (Lipinski definition) is 2. The lowest BCUT2D eigenvalue weighted by molar-refractivity contribution is -0.149. The van der Waals surface area contributed by atoms with Crippen LogP contribution in [0.4, 0.5) is 0 Å². The number of ether oxygens (including phenoxy) is 1. The van der Waals surface area contributed by atoms with Crippen molar-refractivity contribution in [2.75, 3.05) is 20.2 Å². The minimum Gasteiger partial charge on any atom is -0.467 e. The van der Waals surface area contributed by atoms with E-state index in [9.17, 15) is 14.4 Å². The van der Waals surface area contributed by atoms with Crippen LogP contribution >= 0.6 is 0 Å². The summed E-state index contributed by atoms with van der Waals surface area (Å²) in [6.07, 6.45) is 0.0183. The van der Waals surface area contributed by atoms with Crippen LogP contribution in [0.25, 0.3) is 0 Å². The van der Waals surface area contributed by atoms with E-state index in [0.29, 0.717) is 13.1 Å². The number of nitrogens with one attached hydrogen (secondary N) is 2. The SMILES string of the molecule is COC(=O)C(C)(C)NC(=O)C[C@@H]1C(=O)NCCN1C(C)C. The van der Waals surface area contributed by atoms with Crippen molar-refractivity contribution in [1.82, 2.24) is 15.5 Å². The molecular weight excluding hydrogens is 274 g/mol. The van der Waals surface area contributed by atoms with Crippen molar-refractivity contribution in [1.29, 1.82) is 0 Å².